The minimum Gasteiger partial charge on any atom is -0.497 e. The van der Waals surface area contributed by atoms with Gasteiger partial charge in [0.15, 0.2) is 0 Å². The summed E-state index contributed by atoms with van der Waals surface area (Å²) >= 11 is 0. The summed E-state index contributed by atoms with van der Waals surface area (Å²) in [7, 11) is 3.48. The van der Waals surface area contributed by atoms with Crippen LogP contribution in [0.3, 0.4) is 0 Å². The van der Waals surface area contributed by atoms with Crippen LogP contribution in [0.2, 0.25) is 0 Å². The summed E-state index contributed by atoms with van der Waals surface area (Å²) in [5.41, 5.74) is 1.10. The second kappa shape index (κ2) is 6.45. The van der Waals surface area contributed by atoms with Crippen molar-refractivity contribution in [2.45, 2.75) is 38.3 Å². The number of rotatable bonds is 4. The van der Waals surface area contributed by atoms with Gasteiger partial charge in [-0.05, 0) is 30.5 Å². The average Bonchev–Trinajstić information content (AvgIpc) is 2.92. The smallest absolute Gasteiger partial charge is 0.317 e. The lowest BCUT2D eigenvalue weighted by Gasteiger charge is -2.21. The largest absolute Gasteiger partial charge is 0.497 e. The number of hydrogen-bond donors (Lipinski definition) is 1. The van der Waals surface area contributed by atoms with Crippen molar-refractivity contribution in [2.75, 3.05) is 14.2 Å². The molecule has 0 unspecified atom stereocenters. The maximum absolute atomic E-state index is 12.0. The molecule has 4 nitrogen and oxygen atoms in total. The first-order valence-electron chi connectivity index (χ1n) is 6.83. The molecule has 2 amide bonds. The molecule has 0 bridgehead atoms. The lowest BCUT2D eigenvalue weighted by molar-refractivity contribution is 0.202. The molecule has 1 aromatic carbocycles. The molecule has 1 N–H and O–H groups in total. The number of amides is 2. The van der Waals surface area contributed by atoms with Gasteiger partial charge in [-0.1, -0.05) is 25.0 Å². The molecule has 1 saturated carbocycles. The summed E-state index contributed by atoms with van der Waals surface area (Å²) < 4.78 is 5.12. The molecule has 1 aliphatic rings. The van der Waals surface area contributed by atoms with Crippen LogP contribution in [0.1, 0.15) is 31.2 Å². The number of carbonyl (C=O) groups is 1. The Morgan fingerprint density at radius 3 is 2.53 bits per heavy atom. The maximum atomic E-state index is 12.0. The second-order valence-corrected chi connectivity index (χ2v) is 5.14. The standard InChI is InChI=1S/C15H22N2O2/c1-17(15(18)16-13-5-3-4-6-13)11-12-7-9-14(19-2)10-8-12/h7-10,13H,3-6,11H2,1-2H3,(H,16,18). The zero-order valence-electron chi connectivity index (χ0n) is 11.7. The van der Waals surface area contributed by atoms with E-state index in [9.17, 15) is 4.79 Å². The van der Waals surface area contributed by atoms with Crippen molar-refractivity contribution in [2.24, 2.45) is 0 Å². The minimum atomic E-state index is 0.0164. The number of methoxy groups -OCH3 is 1. The van der Waals surface area contributed by atoms with Gasteiger partial charge < -0.3 is 15.0 Å². The second-order valence-electron chi connectivity index (χ2n) is 5.14. The molecule has 1 aliphatic carbocycles. The van der Waals surface area contributed by atoms with E-state index in [0.29, 0.717) is 12.6 Å². The molecule has 0 atom stereocenters. The lowest BCUT2D eigenvalue weighted by Crippen LogP contribution is -2.41. The lowest BCUT2D eigenvalue weighted by atomic mass is 10.2. The third-order valence-corrected chi connectivity index (χ3v) is 3.61. The minimum absolute atomic E-state index is 0.0164. The van der Waals surface area contributed by atoms with Gasteiger partial charge in [-0.3, -0.25) is 0 Å². The first kappa shape index (κ1) is 13.7. The van der Waals surface area contributed by atoms with Crippen LogP contribution in [0.4, 0.5) is 4.79 Å². The Bertz CT molecular complexity index is 411. The van der Waals surface area contributed by atoms with Crippen LogP contribution in [0.15, 0.2) is 24.3 Å². The molecule has 0 aliphatic heterocycles. The molecule has 104 valence electrons. The number of carbonyl (C=O) groups excluding carboxylic acids is 1. The van der Waals surface area contributed by atoms with Crippen molar-refractivity contribution >= 4 is 6.03 Å². The van der Waals surface area contributed by atoms with Gasteiger partial charge in [-0.2, -0.15) is 0 Å². The SMILES string of the molecule is COc1ccc(CN(C)C(=O)NC2CCCC2)cc1. The van der Waals surface area contributed by atoms with E-state index in [1.165, 1.54) is 12.8 Å². The molecule has 0 heterocycles. The summed E-state index contributed by atoms with van der Waals surface area (Å²) in [6.07, 6.45) is 4.69. The Morgan fingerprint density at radius 2 is 1.95 bits per heavy atom. The highest BCUT2D eigenvalue weighted by atomic mass is 16.5. The Morgan fingerprint density at radius 1 is 1.32 bits per heavy atom. The molecule has 0 spiro atoms. The fraction of sp³-hybridized carbons (Fsp3) is 0.533. The topological polar surface area (TPSA) is 41.6 Å². The summed E-state index contributed by atoms with van der Waals surface area (Å²) in [5, 5.41) is 3.08. The third kappa shape index (κ3) is 3.88. The highest BCUT2D eigenvalue weighted by Gasteiger charge is 2.18. The van der Waals surface area contributed by atoms with Crippen LogP contribution in [0, 0.1) is 0 Å². The zero-order valence-corrected chi connectivity index (χ0v) is 11.7. The van der Waals surface area contributed by atoms with E-state index in [1.54, 1.807) is 12.0 Å². The van der Waals surface area contributed by atoms with Crippen LogP contribution in [0.5, 0.6) is 5.75 Å². The highest BCUT2D eigenvalue weighted by molar-refractivity contribution is 5.74. The molecule has 2 rings (SSSR count). The molecule has 0 aromatic heterocycles. The van der Waals surface area contributed by atoms with Crippen LogP contribution in [-0.2, 0) is 6.54 Å². The summed E-state index contributed by atoms with van der Waals surface area (Å²) in [5.74, 6) is 0.835. The van der Waals surface area contributed by atoms with Gasteiger partial charge >= 0.3 is 6.03 Å². The van der Waals surface area contributed by atoms with Crippen molar-refractivity contribution in [3.8, 4) is 5.75 Å². The molecule has 0 radical (unpaired) electrons. The predicted octanol–water partition coefficient (Wildman–Crippen LogP) is 2.78. The third-order valence-electron chi connectivity index (χ3n) is 3.61. The van der Waals surface area contributed by atoms with E-state index in [1.807, 2.05) is 31.3 Å². The number of hydrogen-bond acceptors (Lipinski definition) is 2. The molecule has 1 fully saturated rings. The Balaban J connectivity index is 1.84. The van der Waals surface area contributed by atoms with E-state index in [0.717, 1.165) is 24.2 Å². The Labute approximate surface area is 114 Å². The molecule has 1 aromatic rings. The summed E-state index contributed by atoms with van der Waals surface area (Å²) in [6.45, 7) is 0.614. The van der Waals surface area contributed by atoms with Crippen LogP contribution < -0.4 is 10.1 Å². The number of urea groups is 1. The van der Waals surface area contributed by atoms with Crippen molar-refractivity contribution in [3.63, 3.8) is 0 Å². The number of ether oxygens (including phenoxy) is 1. The fourth-order valence-electron chi connectivity index (χ4n) is 2.43. The van der Waals surface area contributed by atoms with Gasteiger partial charge in [0.05, 0.1) is 7.11 Å². The van der Waals surface area contributed by atoms with E-state index < -0.39 is 0 Å². The number of benzene rings is 1. The molecular weight excluding hydrogens is 240 g/mol. The fourth-order valence-corrected chi connectivity index (χ4v) is 2.43. The molecular formula is C15H22N2O2. The normalized spacial score (nSPS) is 15.3. The Hall–Kier alpha value is -1.71. The van der Waals surface area contributed by atoms with Crippen molar-refractivity contribution in [1.82, 2.24) is 10.2 Å². The van der Waals surface area contributed by atoms with Crippen molar-refractivity contribution < 1.29 is 9.53 Å². The maximum Gasteiger partial charge on any atom is 0.317 e. The van der Waals surface area contributed by atoms with Gasteiger partial charge in [0.2, 0.25) is 0 Å². The van der Waals surface area contributed by atoms with E-state index in [-0.39, 0.29) is 6.03 Å². The van der Waals surface area contributed by atoms with Crippen LogP contribution in [0.25, 0.3) is 0 Å². The molecule has 0 saturated heterocycles. The Kier molecular flexibility index (Phi) is 4.66. The first-order valence-corrected chi connectivity index (χ1v) is 6.83. The van der Waals surface area contributed by atoms with Crippen LogP contribution in [-0.4, -0.2) is 31.1 Å². The summed E-state index contributed by atoms with van der Waals surface area (Å²) in [4.78, 5) is 13.7. The number of nitrogens with zero attached hydrogens (tertiary/aromatic N) is 1. The van der Waals surface area contributed by atoms with Gasteiger partial charge in [0, 0.05) is 19.6 Å². The van der Waals surface area contributed by atoms with E-state index in [4.69, 9.17) is 4.74 Å². The molecule has 4 heteroatoms. The van der Waals surface area contributed by atoms with Gasteiger partial charge in [0.25, 0.3) is 0 Å². The number of nitrogens with one attached hydrogen (secondary N) is 1. The summed E-state index contributed by atoms with van der Waals surface area (Å²) in [6, 6.07) is 8.18. The predicted molar refractivity (Wildman–Crippen MR) is 75.2 cm³/mol. The molecule has 19 heavy (non-hydrogen) atoms. The average molecular weight is 262 g/mol. The monoisotopic (exact) mass is 262 g/mol. The van der Waals surface area contributed by atoms with Crippen molar-refractivity contribution in [1.29, 1.82) is 0 Å². The van der Waals surface area contributed by atoms with Gasteiger partial charge in [0.1, 0.15) is 5.75 Å². The first-order chi connectivity index (χ1) is 9.19. The van der Waals surface area contributed by atoms with Crippen molar-refractivity contribution in [3.05, 3.63) is 29.8 Å². The zero-order chi connectivity index (χ0) is 13.7. The van der Waals surface area contributed by atoms with E-state index in [2.05, 4.69) is 5.32 Å². The van der Waals surface area contributed by atoms with Gasteiger partial charge in [-0.15, -0.1) is 0 Å². The van der Waals surface area contributed by atoms with Gasteiger partial charge in [-0.25, -0.2) is 4.79 Å². The van der Waals surface area contributed by atoms with Crippen LogP contribution >= 0.6 is 0 Å². The van der Waals surface area contributed by atoms with E-state index >= 15 is 0 Å². The highest BCUT2D eigenvalue weighted by Crippen LogP contribution is 2.18. The quantitative estimate of drug-likeness (QED) is 0.906.